The Morgan fingerprint density at radius 2 is 1.86 bits per heavy atom. The Morgan fingerprint density at radius 3 is 2.41 bits per heavy atom. The Balaban J connectivity index is 1.78. The maximum atomic E-state index is 13.7. The van der Waals surface area contributed by atoms with Crippen LogP contribution in [0.4, 0.5) is 13.2 Å². The van der Waals surface area contributed by atoms with Gasteiger partial charge in [-0.25, -0.2) is 13.2 Å². The summed E-state index contributed by atoms with van der Waals surface area (Å²) in [5.74, 6) is -1.22. The van der Waals surface area contributed by atoms with Crippen LogP contribution in [0.15, 0.2) is 18.2 Å². The van der Waals surface area contributed by atoms with Crippen LogP contribution in [0.1, 0.15) is 54.5 Å². The fraction of sp³-hybridized carbons (Fsp3) is 0.588. The highest BCUT2D eigenvalue weighted by Crippen LogP contribution is 2.37. The molecule has 2 saturated heterocycles. The second-order valence-electron chi connectivity index (χ2n) is 6.47. The van der Waals surface area contributed by atoms with Gasteiger partial charge in [0.2, 0.25) is 0 Å². The number of hydrogen-bond acceptors (Lipinski definition) is 2. The number of carbonyl (C=O) groups is 1. The van der Waals surface area contributed by atoms with Crippen molar-refractivity contribution < 1.29 is 18.0 Å². The molecule has 2 aliphatic rings. The van der Waals surface area contributed by atoms with Crippen molar-refractivity contribution in [3.8, 4) is 0 Å². The first-order chi connectivity index (χ1) is 10.5. The Morgan fingerprint density at radius 1 is 1.23 bits per heavy atom. The standard InChI is InChI=1S/C17H20F3NO/c1-21-12-3-2-4-13(21)8-11(7-12)16(22)10-5-6-14(17(19)20)15(18)9-10/h5-6,9,11-13,17H,2-4,7-8H2,1H3. The molecule has 2 nitrogen and oxygen atoms in total. The molecular formula is C17H20F3NO. The number of halogens is 3. The normalized spacial score (nSPS) is 28.9. The highest BCUT2D eigenvalue weighted by Gasteiger charge is 2.38. The molecule has 1 aromatic carbocycles. The molecule has 2 atom stereocenters. The maximum Gasteiger partial charge on any atom is 0.266 e. The number of benzene rings is 1. The molecule has 0 aliphatic carbocycles. The lowest BCUT2D eigenvalue weighted by Crippen LogP contribution is -2.51. The van der Waals surface area contributed by atoms with E-state index >= 15 is 0 Å². The molecule has 0 spiro atoms. The summed E-state index contributed by atoms with van der Waals surface area (Å²) in [6, 6.07) is 4.15. The molecule has 0 saturated carbocycles. The summed E-state index contributed by atoms with van der Waals surface area (Å²) in [4.78, 5) is 15.0. The summed E-state index contributed by atoms with van der Waals surface area (Å²) in [6.07, 6.45) is 2.09. The van der Waals surface area contributed by atoms with Gasteiger partial charge in [0, 0.05) is 23.6 Å². The van der Waals surface area contributed by atoms with Crippen LogP contribution >= 0.6 is 0 Å². The van der Waals surface area contributed by atoms with Crippen LogP contribution in [0.2, 0.25) is 0 Å². The number of rotatable bonds is 3. The van der Waals surface area contributed by atoms with Crippen molar-refractivity contribution in [2.45, 2.75) is 50.6 Å². The number of hydrogen-bond donors (Lipinski definition) is 0. The lowest BCUT2D eigenvalue weighted by Gasteiger charge is -2.46. The van der Waals surface area contributed by atoms with Gasteiger partial charge in [-0.1, -0.05) is 12.5 Å². The molecule has 2 heterocycles. The fourth-order valence-electron chi connectivity index (χ4n) is 3.92. The van der Waals surface area contributed by atoms with Crippen molar-refractivity contribution in [1.29, 1.82) is 0 Å². The predicted octanol–water partition coefficient (Wildman–Crippen LogP) is 4.21. The van der Waals surface area contributed by atoms with E-state index in [-0.39, 0.29) is 17.3 Å². The second kappa shape index (κ2) is 6.03. The first-order valence-corrected chi connectivity index (χ1v) is 7.81. The number of alkyl halides is 2. The highest BCUT2D eigenvalue weighted by atomic mass is 19.3. The zero-order valence-electron chi connectivity index (χ0n) is 12.6. The summed E-state index contributed by atoms with van der Waals surface area (Å²) in [7, 11) is 2.10. The van der Waals surface area contributed by atoms with Crippen LogP contribution in [0.25, 0.3) is 0 Å². The van der Waals surface area contributed by atoms with Crippen molar-refractivity contribution in [2.24, 2.45) is 5.92 Å². The van der Waals surface area contributed by atoms with Gasteiger partial charge in [0.25, 0.3) is 6.43 Å². The van der Waals surface area contributed by atoms with Gasteiger partial charge < -0.3 is 4.90 Å². The molecule has 2 bridgehead atoms. The number of carbonyl (C=O) groups excluding carboxylic acids is 1. The number of ketones is 1. The van der Waals surface area contributed by atoms with Crippen molar-refractivity contribution in [2.75, 3.05) is 7.05 Å². The minimum absolute atomic E-state index is 0.107. The van der Waals surface area contributed by atoms with E-state index in [0.717, 1.165) is 37.8 Å². The smallest absolute Gasteiger partial charge is 0.266 e. The molecule has 0 N–H and O–H groups in total. The molecule has 2 unspecified atom stereocenters. The van der Waals surface area contributed by atoms with Gasteiger partial charge >= 0.3 is 0 Å². The minimum atomic E-state index is -2.85. The third kappa shape index (κ3) is 2.78. The topological polar surface area (TPSA) is 20.3 Å². The molecule has 0 aromatic heterocycles. The van der Waals surface area contributed by atoms with Crippen molar-refractivity contribution >= 4 is 5.78 Å². The van der Waals surface area contributed by atoms with Gasteiger partial charge in [-0.2, -0.15) is 0 Å². The zero-order valence-corrected chi connectivity index (χ0v) is 12.6. The molecular weight excluding hydrogens is 291 g/mol. The van der Waals surface area contributed by atoms with Crippen LogP contribution in [0.3, 0.4) is 0 Å². The number of nitrogens with zero attached hydrogens (tertiary/aromatic N) is 1. The van der Waals surface area contributed by atoms with E-state index in [1.165, 1.54) is 12.5 Å². The van der Waals surface area contributed by atoms with Gasteiger partial charge in [0.15, 0.2) is 5.78 Å². The number of Topliss-reactive ketones (excluding diaryl/α,β-unsaturated/α-hetero) is 1. The van der Waals surface area contributed by atoms with Crippen molar-refractivity contribution in [3.05, 3.63) is 35.1 Å². The third-order valence-electron chi connectivity index (χ3n) is 5.23. The van der Waals surface area contributed by atoms with Gasteiger partial charge in [-0.3, -0.25) is 4.79 Å². The first-order valence-electron chi connectivity index (χ1n) is 7.81. The van der Waals surface area contributed by atoms with E-state index in [4.69, 9.17) is 0 Å². The summed E-state index contributed by atoms with van der Waals surface area (Å²) in [5, 5.41) is 0. The number of fused-ring (bicyclic) bond motifs is 2. The van der Waals surface area contributed by atoms with Gasteiger partial charge in [-0.05, 0) is 44.9 Å². The van der Waals surface area contributed by atoms with E-state index in [0.29, 0.717) is 12.1 Å². The lowest BCUT2D eigenvalue weighted by molar-refractivity contribution is 0.0338. The van der Waals surface area contributed by atoms with Crippen LogP contribution in [-0.2, 0) is 0 Å². The van der Waals surface area contributed by atoms with Crippen molar-refractivity contribution in [1.82, 2.24) is 4.90 Å². The van der Waals surface area contributed by atoms with E-state index < -0.39 is 17.8 Å². The SMILES string of the molecule is CN1C2CCCC1CC(C(=O)c1ccc(C(F)F)c(F)c1)C2. The fourth-order valence-corrected chi connectivity index (χ4v) is 3.92. The quantitative estimate of drug-likeness (QED) is 0.779. The van der Waals surface area contributed by atoms with E-state index in [1.54, 1.807) is 0 Å². The second-order valence-corrected chi connectivity index (χ2v) is 6.47. The first kappa shape index (κ1) is 15.5. The van der Waals surface area contributed by atoms with Crippen LogP contribution in [0.5, 0.6) is 0 Å². The summed E-state index contributed by atoms with van der Waals surface area (Å²) in [6.45, 7) is 0. The van der Waals surface area contributed by atoms with Crippen LogP contribution < -0.4 is 0 Å². The Kier molecular flexibility index (Phi) is 4.26. The average molecular weight is 311 g/mol. The highest BCUT2D eigenvalue weighted by molar-refractivity contribution is 5.98. The summed E-state index contributed by atoms with van der Waals surface area (Å²) in [5.41, 5.74) is -0.425. The van der Waals surface area contributed by atoms with Gasteiger partial charge in [-0.15, -0.1) is 0 Å². The molecule has 0 radical (unpaired) electrons. The molecule has 3 rings (SSSR count). The number of piperidine rings is 2. The molecule has 120 valence electrons. The molecule has 2 fully saturated rings. The van der Waals surface area contributed by atoms with E-state index in [9.17, 15) is 18.0 Å². The third-order valence-corrected chi connectivity index (χ3v) is 5.23. The molecule has 0 amide bonds. The molecule has 5 heteroatoms. The molecule has 2 aliphatic heterocycles. The van der Waals surface area contributed by atoms with Crippen LogP contribution in [-0.4, -0.2) is 29.8 Å². The summed E-state index contributed by atoms with van der Waals surface area (Å²) >= 11 is 0. The molecule has 22 heavy (non-hydrogen) atoms. The minimum Gasteiger partial charge on any atom is -0.300 e. The average Bonchev–Trinajstić information content (AvgIpc) is 2.45. The Labute approximate surface area is 128 Å². The lowest BCUT2D eigenvalue weighted by atomic mass is 9.76. The largest absolute Gasteiger partial charge is 0.300 e. The van der Waals surface area contributed by atoms with Crippen molar-refractivity contribution in [3.63, 3.8) is 0 Å². The van der Waals surface area contributed by atoms with Gasteiger partial charge in [0.05, 0.1) is 5.56 Å². The Hall–Kier alpha value is -1.36. The van der Waals surface area contributed by atoms with Crippen LogP contribution in [0, 0.1) is 11.7 Å². The summed E-state index contributed by atoms with van der Waals surface area (Å²) < 4.78 is 38.8. The maximum absolute atomic E-state index is 13.7. The zero-order chi connectivity index (χ0) is 15.9. The Bertz CT molecular complexity index is 561. The van der Waals surface area contributed by atoms with E-state index in [1.807, 2.05) is 0 Å². The van der Waals surface area contributed by atoms with E-state index in [2.05, 4.69) is 11.9 Å². The predicted molar refractivity (Wildman–Crippen MR) is 77.6 cm³/mol. The van der Waals surface area contributed by atoms with Gasteiger partial charge in [0.1, 0.15) is 5.82 Å². The monoisotopic (exact) mass is 311 g/mol. The molecule has 1 aromatic rings.